The molecule has 8 N–H and O–H groups in total. The first-order chi connectivity index (χ1) is 14.8. The minimum absolute atomic E-state index is 0.0462. The molecule has 0 saturated heterocycles. The summed E-state index contributed by atoms with van der Waals surface area (Å²) in [6.45, 7) is 3.54. The summed E-state index contributed by atoms with van der Waals surface area (Å²) < 4.78 is 0. The molecular weight excluding hydrogens is 404 g/mol. The lowest BCUT2D eigenvalue weighted by atomic mass is 10.1. The molecule has 0 aromatic carbocycles. The predicted octanol–water partition coefficient (Wildman–Crippen LogP) is -0.0754. The van der Waals surface area contributed by atoms with Gasteiger partial charge < -0.3 is 31.8 Å². The molecule has 11 heteroatoms. The van der Waals surface area contributed by atoms with Gasteiger partial charge in [0.2, 0.25) is 18.2 Å². The van der Waals surface area contributed by atoms with Crippen molar-refractivity contribution in [2.45, 2.75) is 70.8 Å². The number of hydrogen-bond donors (Lipinski definition) is 6. The first kappa shape index (κ1) is 28.2. The van der Waals surface area contributed by atoms with Gasteiger partial charge in [0.25, 0.3) is 0 Å². The molecule has 0 aromatic rings. The van der Waals surface area contributed by atoms with Crippen LogP contribution in [0.2, 0.25) is 0 Å². The molecule has 0 radical (unpaired) electrons. The third-order valence-electron chi connectivity index (χ3n) is 4.43. The van der Waals surface area contributed by atoms with E-state index in [0.29, 0.717) is 63.8 Å². The molecule has 0 bridgehead atoms. The van der Waals surface area contributed by atoms with Crippen LogP contribution in [0.4, 0.5) is 0 Å². The molecule has 31 heavy (non-hydrogen) atoms. The minimum atomic E-state index is -1.09. The van der Waals surface area contributed by atoms with E-state index >= 15 is 0 Å². The van der Waals surface area contributed by atoms with E-state index in [1.54, 1.807) is 6.20 Å². The van der Waals surface area contributed by atoms with Gasteiger partial charge in [-0.15, -0.1) is 0 Å². The van der Waals surface area contributed by atoms with E-state index in [9.17, 15) is 24.3 Å². The average Bonchev–Trinajstić information content (AvgIpc) is 2.72. The van der Waals surface area contributed by atoms with Crippen molar-refractivity contribution < 1.29 is 24.3 Å². The zero-order valence-electron chi connectivity index (χ0n) is 18.4. The lowest BCUT2D eigenvalue weighted by Gasteiger charge is -2.17. The summed E-state index contributed by atoms with van der Waals surface area (Å²) in [5.74, 6) is 4.37. The summed E-state index contributed by atoms with van der Waals surface area (Å²) in [7, 11) is 0. The first-order valence-electron chi connectivity index (χ1n) is 10.7. The minimum Gasteiger partial charge on any atom is -0.480 e. The lowest BCUT2D eigenvalue weighted by molar-refractivity contribution is -0.142. The smallest absolute Gasteiger partial charge is 0.326 e. The molecule has 0 saturated carbocycles. The SMILES string of the molecule is CCCCNC(=O)CC/C(N)=C/N(N)CCCCC(NC(=O)CCCNC=O)C(=O)O. The van der Waals surface area contributed by atoms with Crippen LogP contribution in [0.3, 0.4) is 0 Å². The number of hydrogen-bond acceptors (Lipinski definition) is 7. The topological polar surface area (TPSA) is 180 Å². The number of nitrogens with zero attached hydrogens (tertiary/aromatic N) is 1. The maximum absolute atomic E-state index is 11.8. The summed E-state index contributed by atoms with van der Waals surface area (Å²) in [5, 5.41) is 18.4. The summed E-state index contributed by atoms with van der Waals surface area (Å²) >= 11 is 0. The highest BCUT2D eigenvalue weighted by molar-refractivity contribution is 5.83. The molecule has 0 rings (SSSR count). The van der Waals surface area contributed by atoms with Crippen molar-refractivity contribution in [3.05, 3.63) is 11.9 Å². The van der Waals surface area contributed by atoms with Crippen LogP contribution in [-0.4, -0.2) is 60.0 Å². The van der Waals surface area contributed by atoms with Gasteiger partial charge in [0.05, 0.1) is 0 Å². The van der Waals surface area contributed by atoms with Crippen molar-refractivity contribution in [1.82, 2.24) is 21.0 Å². The van der Waals surface area contributed by atoms with Gasteiger partial charge in [-0.25, -0.2) is 10.6 Å². The zero-order valence-corrected chi connectivity index (χ0v) is 18.4. The fourth-order valence-corrected chi connectivity index (χ4v) is 2.67. The van der Waals surface area contributed by atoms with Crippen molar-refractivity contribution in [3.8, 4) is 0 Å². The van der Waals surface area contributed by atoms with Crippen LogP contribution in [0.5, 0.6) is 0 Å². The number of carbonyl (C=O) groups excluding carboxylic acids is 3. The first-order valence-corrected chi connectivity index (χ1v) is 10.7. The molecule has 0 aliphatic rings. The van der Waals surface area contributed by atoms with E-state index in [0.717, 1.165) is 12.8 Å². The number of hydrazine groups is 1. The van der Waals surface area contributed by atoms with E-state index in [1.807, 2.05) is 0 Å². The maximum Gasteiger partial charge on any atom is 0.326 e. The molecule has 0 aliphatic heterocycles. The Morgan fingerprint density at radius 2 is 1.77 bits per heavy atom. The molecule has 0 heterocycles. The molecular formula is C20H38N6O5. The highest BCUT2D eigenvalue weighted by Gasteiger charge is 2.19. The third-order valence-corrected chi connectivity index (χ3v) is 4.43. The van der Waals surface area contributed by atoms with Crippen molar-refractivity contribution in [2.75, 3.05) is 19.6 Å². The van der Waals surface area contributed by atoms with Crippen molar-refractivity contribution in [2.24, 2.45) is 11.6 Å². The van der Waals surface area contributed by atoms with Crippen LogP contribution in [0.1, 0.15) is 64.7 Å². The Hall–Kier alpha value is -2.82. The van der Waals surface area contributed by atoms with Crippen LogP contribution < -0.4 is 27.5 Å². The Morgan fingerprint density at radius 3 is 2.42 bits per heavy atom. The molecule has 0 aromatic heterocycles. The molecule has 1 unspecified atom stereocenters. The van der Waals surface area contributed by atoms with Gasteiger partial charge in [0.15, 0.2) is 0 Å². The van der Waals surface area contributed by atoms with Gasteiger partial charge in [0, 0.05) is 44.4 Å². The summed E-state index contributed by atoms with van der Waals surface area (Å²) in [6, 6.07) is -0.968. The zero-order chi connectivity index (χ0) is 23.5. The number of aliphatic carboxylic acids is 1. The number of unbranched alkanes of at least 4 members (excludes halogenated alkanes) is 2. The Kier molecular flexibility index (Phi) is 16.4. The highest BCUT2D eigenvalue weighted by Crippen LogP contribution is 2.05. The van der Waals surface area contributed by atoms with E-state index in [4.69, 9.17) is 11.6 Å². The van der Waals surface area contributed by atoms with Crippen LogP contribution in [0.15, 0.2) is 11.9 Å². The standard InChI is InChI=1S/C20H38N6O5/c1-2-3-12-24-18(28)10-9-16(21)14-26(22)13-5-4-7-17(20(30)31)25-19(29)8-6-11-23-15-27/h14-15,17H,2-13,21-22H2,1H3,(H,23,27)(H,24,28)(H,25,29)(H,30,31)/b16-14-. The van der Waals surface area contributed by atoms with Gasteiger partial charge in [-0.3, -0.25) is 14.4 Å². The van der Waals surface area contributed by atoms with Gasteiger partial charge in [-0.1, -0.05) is 13.3 Å². The molecule has 11 nitrogen and oxygen atoms in total. The number of allylic oxidation sites excluding steroid dienone is 1. The number of nitrogens with one attached hydrogen (secondary N) is 3. The number of carboxylic acid groups (broad SMARTS) is 1. The van der Waals surface area contributed by atoms with Crippen molar-refractivity contribution in [1.29, 1.82) is 0 Å². The summed E-state index contributed by atoms with van der Waals surface area (Å²) in [4.78, 5) is 44.9. The fraction of sp³-hybridized carbons (Fsp3) is 0.700. The normalized spacial score (nSPS) is 12.0. The number of carbonyl (C=O) groups is 4. The van der Waals surface area contributed by atoms with Gasteiger partial charge >= 0.3 is 5.97 Å². The maximum atomic E-state index is 11.8. The van der Waals surface area contributed by atoms with Crippen LogP contribution in [0.25, 0.3) is 0 Å². The van der Waals surface area contributed by atoms with Crippen LogP contribution in [-0.2, 0) is 19.2 Å². The van der Waals surface area contributed by atoms with Crippen LogP contribution in [0, 0.1) is 0 Å². The Morgan fingerprint density at radius 1 is 1.03 bits per heavy atom. The second-order valence-corrected chi connectivity index (χ2v) is 7.27. The summed E-state index contributed by atoms with van der Waals surface area (Å²) in [5.41, 5.74) is 6.39. The fourth-order valence-electron chi connectivity index (χ4n) is 2.67. The Labute approximate surface area is 183 Å². The monoisotopic (exact) mass is 442 g/mol. The summed E-state index contributed by atoms with van der Waals surface area (Å²) in [6.07, 6.45) is 6.80. The molecule has 0 spiro atoms. The molecule has 178 valence electrons. The molecule has 0 fully saturated rings. The molecule has 1 atom stereocenters. The van der Waals surface area contributed by atoms with Crippen molar-refractivity contribution >= 4 is 24.2 Å². The Balaban J connectivity index is 4.12. The number of amides is 3. The van der Waals surface area contributed by atoms with Crippen molar-refractivity contribution in [3.63, 3.8) is 0 Å². The number of rotatable bonds is 19. The van der Waals surface area contributed by atoms with Gasteiger partial charge in [-0.05, 0) is 38.5 Å². The highest BCUT2D eigenvalue weighted by atomic mass is 16.4. The third kappa shape index (κ3) is 16.6. The number of carboxylic acids is 1. The lowest BCUT2D eigenvalue weighted by Crippen LogP contribution is -2.41. The van der Waals surface area contributed by atoms with E-state index in [2.05, 4.69) is 22.9 Å². The largest absolute Gasteiger partial charge is 0.480 e. The van der Waals surface area contributed by atoms with Gasteiger partial charge in [0.1, 0.15) is 6.04 Å². The van der Waals surface area contributed by atoms with E-state index in [-0.39, 0.29) is 24.7 Å². The second kappa shape index (κ2) is 18.0. The van der Waals surface area contributed by atoms with E-state index in [1.165, 1.54) is 5.01 Å². The predicted molar refractivity (Wildman–Crippen MR) is 117 cm³/mol. The van der Waals surface area contributed by atoms with Crippen LogP contribution >= 0.6 is 0 Å². The number of nitrogens with two attached hydrogens (primary N) is 2. The molecule has 3 amide bonds. The molecule has 0 aliphatic carbocycles. The Bertz CT molecular complexity index is 584. The quantitative estimate of drug-likeness (QED) is 0.0695. The van der Waals surface area contributed by atoms with Gasteiger partial charge in [-0.2, -0.15) is 0 Å². The second-order valence-electron chi connectivity index (χ2n) is 7.27. The van der Waals surface area contributed by atoms with E-state index < -0.39 is 12.0 Å². The average molecular weight is 443 g/mol.